The molecule has 0 spiro atoms. The molecule has 1 aromatic carbocycles. The third kappa shape index (κ3) is 5.71. The quantitative estimate of drug-likeness (QED) is 0.416. The van der Waals surface area contributed by atoms with E-state index in [1.165, 1.54) is 18.2 Å². The van der Waals surface area contributed by atoms with Gasteiger partial charge in [0.05, 0.1) is 6.54 Å². The van der Waals surface area contributed by atoms with Gasteiger partial charge in [-0.3, -0.25) is 15.2 Å². The van der Waals surface area contributed by atoms with E-state index in [9.17, 15) is 14.7 Å². The van der Waals surface area contributed by atoms with Crippen LogP contribution >= 0.6 is 34.2 Å². The zero-order valence-electron chi connectivity index (χ0n) is 20.5. The number of amides is 2. The third-order valence-electron chi connectivity index (χ3n) is 5.17. The van der Waals surface area contributed by atoms with Gasteiger partial charge in [-0.25, -0.2) is 19.0 Å². The lowest BCUT2D eigenvalue weighted by atomic mass is 9.89. The van der Waals surface area contributed by atoms with E-state index in [1.54, 1.807) is 53.0 Å². The Balaban J connectivity index is 2.15. The van der Waals surface area contributed by atoms with Crippen molar-refractivity contribution in [3.05, 3.63) is 44.3 Å². The fraction of sp³-hybridized carbons (Fsp3) is 0.478. The van der Waals surface area contributed by atoms with Crippen LogP contribution in [0.1, 0.15) is 59.9 Å². The molecule has 2 aromatic rings. The van der Waals surface area contributed by atoms with E-state index >= 15 is 4.39 Å². The van der Waals surface area contributed by atoms with E-state index in [-0.39, 0.29) is 23.1 Å². The molecule has 1 aromatic heterocycles. The summed E-state index contributed by atoms with van der Waals surface area (Å²) in [7, 11) is 0. The molecule has 0 saturated heterocycles. The monoisotopic (exact) mass is 619 g/mol. The summed E-state index contributed by atoms with van der Waals surface area (Å²) in [6, 6.07) is 4.10. The van der Waals surface area contributed by atoms with Crippen LogP contribution in [0.3, 0.4) is 0 Å². The Morgan fingerprint density at radius 2 is 1.91 bits per heavy atom. The lowest BCUT2D eigenvalue weighted by Gasteiger charge is -2.36. The first-order valence-electron chi connectivity index (χ1n) is 10.8. The highest BCUT2D eigenvalue weighted by molar-refractivity contribution is 14.1. The molecule has 190 valence electrons. The molecule has 2 amide bonds. The first kappa shape index (κ1) is 27.2. The minimum Gasteiger partial charge on any atom is -0.465 e. The number of carbonyl (C=O) groups is 2. The standard InChI is InChI=1S/C23H28ClFIN5O4/c1-21(2,3)31(20(33)34)12-8-9-14(25)13(10-12)23(7)11-30-16(26)15(24)27-18(30)17(29-23)28-19(32)35-22(4,5)6/h8-10H,11H2,1-7H3,(H,33,34)(H,28,29,32)/t23-/m0/s1. The van der Waals surface area contributed by atoms with Crippen molar-refractivity contribution in [3.63, 3.8) is 0 Å². The van der Waals surface area contributed by atoms with Gasteiger partial charge in [-0.15, -0.1) is 0 Å². The number of halogens is 3. The predicted octanol–water partition coefficient (Wildman–Crippen LogP) is 5.76. The van der Waals surface area contributed by atoms with Crippen molar-refractivity contribution in [1.29, 1.82) is 0 Å². The van der Waals surface area contributed by atoms with Crippen LogP contribution < -0.4 is 10.2 Å². The summed E-state index contributed by atoms with van der Waals surface area (Å²) >= 11 is 8.29. The summed E-state index contributed by atoms with van der Waals surface area (Å²) in [5.74, 6) is -0.199. The normalized spacial score (nSPS) is 17.9. The summed E-state index contributed by atoms with van der Waals surface area (Å²) in [4.78, 5) is 34.7. The minimum atomic E-state index is -1.23. The molecule has 2 N–H and O–H groups in total. The van der Waals surface area contributed by atoms with Crippen LogP contribution in [-0.4, -0.2) is 43.8 Å². The fourth-order valence-corrected chi connectivity index (χ4v) is 4.55. The third-order valence-corrected chi connectivity index (χ3v) is 6.85. The number of ether oxygens (including phenoxy) is 1. The number of nitrogens with zero attached hydrogens (tertiary/aromatic N) is 4. The van der Waals surface area contributed by atoms with Crippen molar-refractivity contribution < 1.29 is 23.8 Å². The fourth-order valence-electron chi connectivity index (χ4n) is 3.85. The van der Waals surface area contributed by atoms with Gasteiger partial charge in [-0.2, -0.15) is 0 Å². The van der Waals surface area contributed by atoms with Crippen molar-refractivity contribution in [2.24, 2.45) is 4.99 Å². The molecule has 1 atom stereocenters. The maximum absolute atomic E-state index is 15.3. The molecule has 12 heteroatoms. The van der Waals surface area contributed by atoms with Gasteiger partial charge < -0.3 is 14.4 Å². The molecule has 0 fully saturated rings. The molecular formula is C23H28ClFIN5O4. The van der Waals surface area contributed by atoms with E-state index in [1.807, 2.05) is 22.6 Å². The number of nitrogens with one attached hydrogen (secondary N) is 1. The van der Waals surface area contributed by atoms with Crippen molar-refractivity contribution >= 4 is 57.9 Å². The van der Waals surface area contributed by atoms with E-state index in [0.29, 0.717) is 15.2 Å². The summed E-state index contributed by atoms with van der Waals surface area (Å²) in [5.41, 5.74) is -2.31. The van der Waals surface area contributed by atoms with Crippen LogP contribution in [0.4, 0.5) is 19.7 Å². The van der Waals surface area contributed by atoms with Gasteiger partial charge in [-0.05, 0) is 89.3 Å². The topological polar surface area (TPSA) is 109 Å². The maximum Gasteiger partial charge on any atom is 0.413 e. The summed E-state index contributed by atoms with van der Waals surface area (Å²) in [5, 5.41) is 12.6. The number of anilines is 1. The molecule has 0 radical (unpaired) electrons. The second-order valence-corrected chi connectivity index (χ2v) is 11.8. The second-order valence-electron chi connectivity index (χ2n) is 10.4. The van der Waals surface area contributed by atoms with Crippen LogP contribution in [0, 0.1) is 9.52 Å². The summed E-state index contributed by atoms with van der Waals surface area (Å²) in [6.45, 7) is 12.3. The molecular weight excluding hydrogens is 592 g/mol. The van der Waals surface area contributed by atoms with Gasteiger partial charge in [0.15, 0.2) is 16.8 Å². The number of imidazole rings is 1. The number of alkyl carbamates (subject to hydrolysis) is 1. The van der Waals surface area contributed by atoms with Gasteiger partial charge in [0.2, 0.25) is 0 Å². The summed E-state index contributed by atoms with van der Waals surface area (Å²) < 4.78 is 22.9. The van der Waals surface area contributed by atoms with Crippen LogP contribution in [0.25, 0.3) is 0 Å². The number of benzene rings is 1. The van der Waals surface area contributed by atoms with Crippen molar-refractivity contribution in [2.75, 3.05) is 4.90 Å². The van der Waals surface area contributed by atoms with Gasteiger partial charge in [0, 0.05) is 16.8 Å². The molecule has 3 rings (SSSR count). The Morgan fingerprint density at radius 1 is 1.29 bits per heavy atom. The molecule has 0 unspecified atom stereocenters. The molecule has 0 aliphatic carbocycles. The number of aliphatic imine (C=N–C) groups is 1. The van der Waals surface area contributed by atoms with E-state index in [0.717, 1.165) is 4.90 Å². The maximum atomic E-state index is 15.3. The smallest absolute Gasteiger partial charge is 0.413 e. The number of hydrogen-bond donors (Lipinski definition) is 2. The van der Waals surface area contributed by atoms with Crippen molar-refractivity contribution in [1.82, 2.24) is 14.9 Å². The van der Waals surface area contributed by atoms with Gasteiger partial charge in [0.25, 0.3) is 0 Å². The molecule has 9 nitrogen and oxygen atoms in total. The Labute approximate surface area is 221 Å². The van der Waals surface area contributed by atoms with E-state index in [4.69, 9.17) is 16.3 Å². The number of aromatic nitrogens is 2. The number of rotatable bonds is 2. The molecule has 0 bridgehead atoms. The zero-order chi connectivity index (χ0) is 26.5. The highest BCUT2D eigenvalue weighted by Gasteiger charge is 2.39. The number of carbonyl (C=O) groups excluding carboxylic acids is 1. The van der Waals surface area contributed by atoms with Crippen LogP contribution in [-0.2, 0) is 16.8 Å². The van der Waals surface area contributed by atoms with Gasteiger partial charge in [-0.1, -0.05) is 11.6 Å². The highest BCUT2D eigenvalue weighted by Crippen LogP contribution is 2.38. The van der Waals surface area contributed by atoms with E-state index in [2.05, 4.69) is 15.3 Å². The highest BCUT2D eigenvalue weighted by atomic mass is 127. The largest absolute Gasteiger partial charge is 0.465 e. The Morgan fingerprint density at radius 3 is 2.46 bits per heavy atom. The molecule has 35 heavy (non-hydrogen) atoms. The lowest BCUT2D eigenvalue weighted by Crippen LogP contribution is -2.46. The average molecular weight is 620 g/mol. The molecule has 1 aliphatic rings. The Kier molecular flexibility index (Phi) is 7.17. The number of fused-ring (bicyclic) bond motifs is 1. The van der Waals surface area contributed by atoms with Crippen LogP contribution in [0.5, 0.6) is 0 Å². The summed E-state index contributed by atoms with van der Waals surface area (Å²) in [6.07, 6.45) is -1.92. The minimum absolute atomic E-state index is 0.0635. The van der Waals surface area contributed by atoms with Gasteiger partial charge >= 0.3 is 12.2 Å². The molecule has 0 saturated carbocycles. The SMILES string of the molecule is CC(C)(C)OC(=O)NC1=N[C@](C)(c2cc(N(C(=O)O)C(C)(C)C)ccc2F)Cn2c1nc(Cl)c2I. The van der Waals surface area contributed by atoms with Crippen LogP contribution in [0.15, 0.2) is 23.2 Å². The molecule has 1 aliphatic heterocycles. The van der Waals surface area contributed by atoms with Gasteiger partial charge in [0.1, 0.15) is 20.7 Å². The van der Waals surface area contributed by atoms with Crippen molar-refractivity contribution in [2.45, 2.75) is 71.7 Å². The molecule has 2 heterocycles. The zero-order valence-corrected chi connectivity index (χ0v) is 23.4. The number of amidine groups is 1. The second kappa shape index (κ2) is 9.23. The van der Waals surface area contributed by atoms with Crippen LogP contribution in [0.2, 0.25) is 5.15 Å². The number of hydrogen-bond acceptors (Lipinski definition) is 5. The Bertz CT molecular complexity index is 1220. The lowest BCUT2D eigenvalue weighted by molar-refractivity contribution is 0.0562. The van der Waals surface area contributed by atoms with Crippen molar-refractivity contribution in [3.8, 4) is 0 Å². The first-order valence-corrected chi connectivity index (χ1v) is 12.2. The van der Waals surface area contributed by atoms with E-state index < -0.39 is 34.7 Å². The number of carboxylic acid groups (broad SMARTS) is 1. The Hall–Kier alpha value is -2.41. The predicted molar refractivity (Wildman–Crippen MR) is 140 cm³/mol. The average Bonchev–Trinajstić information content (AvgIpc) is 2.95. The first-order chi connectivity index (χ1) is 15.9.